The summed E-state index contributed by atoms with van der Waals surface area (Å²) in [6.07, 6.45) is 0. The van der Waals surface area contributed by atoms with E-state index in [-0.39, 0.29) is 27.4 Å². The molecular formula is C19H16Cl2N4O4S2. The first-order valence-corrected chi connectivity index (χ1v) is 11.2. The smallest absolute Gasteiger partial charge is 0.259 e. The number of hydrogen-bond acceptors (Lipinski definition) is 8. The fraction of sp³-hybridized carbons (Fsp3) is 0.158. The number of aromatic nitrogens is 2. The summed E-state index contributed by atoms with van der Waals surface area (Å²) >= 11 is 14.3. The van der Waals surface area contributed by atoms with Gasteiger partial charge in [-0.3, -0.25) is 14.9 Å². The Bertz CT molecular complexity index is 1110. The van der Waals surface area contributed by atoms with E-state index in [1.807, 2.05) is 0 Å². The molecule has 0 aliphatic rings. The highest BCUT2D eigenvalue weighted by atomic mass is 35.5. The van der Waals surface area contributed by atoms with Gasteiger partial charge in [0.05, 0.1) is 36.2 Å². The van der Waals surface area contributed by atoms with E-state index in [9.17, 15) is 9.59 Å². The molecule has 0 saturated carbocycles. The van der Waals surface area contributed by atoms with Gasteiger partial charge in [-0.15, -0.1) is 10.2 Å². The number of hydrogen-bond donors (Lipinski definition) is 2. The summed E-state index contributed by atoms with van der Waals surface area (Å²) in [7, 11) is 3.05. The number of ether oxygens (including phenoxy) is 2. The van der Waals surface area contributed by atoms with Crippen molar-refractivity contribution in [3.63, 3.8) is 0 Å². The molecule has 162 valence electrons. The van der Waals surface area contributed by atoms with Crippen LogP contribution in [-0.4, -0.2) is 42.0 Å². The molecule has 12 heteroatoms. The van der Waals surface area contributed by atoms with E-state index in [2.05, 4.69) is 20.8 Å². The van der Waals surface area contributed by atoms with Gasteiger partial charge in [-0.25, -0.2) is 0 Å². The number of amides is 2. The second kappa shape index (κ2) is 10.7. The number of thioether (sulfide) groups is 1. The van der Waals surface area contributed by atoms with E-state index < -0.39 is 5.91 Å². The lowest BCUT2D eigenvalue weighted by Gasteiger charge is -2.11. The zero-order valence-corrected chi connectivity index (χ0v) is 19.4. The van der Waals surface area contributed by atoms with E-state index >= 15 is 0 Å². The molecule has 2 aromatic carbocycles. The zero-order chi connectivity index (χ0) is 22.4. The van der Waals surface area contributed by atoms with Gasteiger partial charge in [0.1, 0.15) is 11.5 Å². The highest BCUT2D eigenvalue weighted by Crippen LogP contribution is 2.30. The Hall–Kier alpha value is -2.53. The Labute approximate surface area is 196 Å². The Kier molecular flexibility index (Phi) is 7.97. The highest BCUT2D eigenvalue weighted by molar-refractivity contribution is 8.01. The summed E-state index contributed by atoms with van der Waals surface area (Å²) in [6, 6.07) is 9.70. The highest BCUT2D eigenvalue weighted by Gasteiger charge is 2.15. The van der Waals surface area contributed by atoms with Crippen molar-refractivity contribution in [3.05, 3.63) is 52.0 Å². The molecule has 0 saturated heterocycles. The molecule has 2 N–H and O–H groups in total. The number of carbonyl (C=O) groups is 2. The number of nitrogens with zero attached hydrogens (tertiary/aromatic N) is 2. The van der Waals surface area contributed by atoms with Gasteiger partial charge in [-0.1, -0.05) is 46.3 Å². The van der Waals surface area contributed by atoms with Crippen molar-refractivity contribution in [2.75, 3.05) is 30.6 Å². The van der Waals surface area contributed by atoms with Crippen molar-refractivity contribution >= 4 is 68.9 Å². The molecule has 3 aromatic rings. The van der Waals surface area contributed by atoms with Crippen LogP contribution in [0.15, 0.2) is 40.7 Å². The summed E-state index contributed by atoms with van der Waals surface area (Å²) in [4.78, 5) is 24.7. The molecule has 0 aliphatic carbocycles. The van der Waals surface area contributed by atoms with E-state index in [1.54, 1.807) is 24.3 Å². The monoisotopic (exact) mass is 498 g/mol. The largest absolute Gasteiger partial charge is 0.497 e. The predicted molar refractivity (Wildman–Crippen MR) is 123 cm³/mol. The van der Waals surface area contributed by atoms with Gasteiger partial charge in [0.15, 0.2) is 4.34 Å². The maximum atomic E-state index is 12.4. The topological polar surface area (TPSA) is 102 Å². The second-order valence-electron chi connectivity index (χ2n) is 5.85. The third-order valence-electron chi connectivity index (χ3n) is 3.81. The average Bonchev–Trinajstić information content (AvgIpc) is 3.21. The first-order chi connectivity index (χ1) is 14.9. The quantitative estimate of drug-likeness (QED) is 0.338. The van der Waals surface area contributed by atoms with Crippen LogP contribution >= 0.6 is 46.3 Å². The van der Waals surface area contributed by atoms with Crippen molar-refractivity contribution in [1.82, 2.24) is 10.2 Å². The lowest BCUT2D eigenvalue weighted by Crippen LogP contribution is -2.14. The maximum Gasteiger partial charge on any atom is 0.259 e. The molecule has 0 radical (unpaired) electrons. The number of halogens is 2. The molecule has 31 heavy (non-hydrogen) atoms. The second-order valence-corrected chi connectivity index (χ2v) is 8.90. The van der Waals surface area contributed by atoms with Gasteiger partial charge in [0, 0.05) is 11.1 Å². The normalized spacial score (nSPS) is 10.5. The molecular weight excluding hydrogens is 483 g/mol. The van der Waals surface area contributed by atoms with Crippen LogP contribution in [0.25, 0.3) is 0 Å². The Morgan fingerprint density at radius 2 is 1.87 bits per heavy atom. The first kappa shape index (κ1) is 23.1. The van der Waals surface area contributed by atoms with Gasteiger partial charge in [0.25, 0.3) is 5.91 Å². The molecule has 2 amide bonds. The third-order valence-corrected chi connectivity index (χ3v) is 6.34. The minimum atomic E-state index is -0.455. The van der Waals surface area contributed by atoms with E-state index in [0.29, 0.717) is 26.5 Å². The molecule has 0 aliphatic heterocycles. The van der Waals surface area contributed by atoms with Gasteiger partial charge in [0.2, 0.25) is 11.0 Å². The van der Waals surface area contributed by atoms with Crippen LogP contribution in [0.4, 0.5) is 10.8 Å². The van der Waals surface area contributed by atoms with E-state index in [1.165, 1.54) is 38.1 Å². The van der Waals surface area contributed by atoms with Crippen molar-refractivity contribution < 1.29 is 19.1 Å². The number of carbonyl (C=O) groups excluding carboxylic acids is 2. The Morgan fingerprint density at radius 3 is 2.61 bits per heavy atom. The minimum absolute atomic E-state index is 0.0864. The molecule has 0 atom stereocenters. The standard InChI is InChI=1S/C19H16Cl2N4O4S2/c1-28-11-4-6-15(29-2)14(8-11)22-16(26)9-30-19-25-24-18(31-19)23-17(27)12-7-10(20)3-5-13(12)21/h3-8H,9H2,1-2H3,(H,22,26)(H,23,24,27). The van der Waals surface area contributed by atoms with Crippen molar-refractivity contribution in [2.24, 2.45) is 0 Å². The SMILES string of the molecule is COc1ccc(OC)c(NC(=O)CSc2nnc(NC(=O)c3cc(Cl)ccc3Cl)s2)c1. The molecule has 0 fully saturated rings. The number of methoxy groups -OCH3 is 2. The van der Waals surface area contributed by atoms with Crippen LogP contribution in [-0.2, 0) is 4.79 Å². The lowest BCUT2D eigenvalue weighted by molar-refractivity contribution is -0.113. The Morgan fingerprint density at radius 1 is 1.06 bits per heavy atom. The number of benzene rings is 2. The van der Waals surface area contributed by atoms with Gasteiger partial charge in [-0.05, 0) is 30.3 Å². The molecule has 0 spiro atoms. The van der Waals surface area contributed by atoms with Crippen molar-refractivity contribution in [1.29, 1.82) is 0 Å². The predicted octanol–water partition coefficient (Wildman–Crippen LogP) is 4.85. The minimum Gasteiger partial charge on any atom is -0.497 e. The van der Waals surface area contributed by atoms with Gasteiger partial charge in [-0.2, -0.15) is 0 Å². The van der Waals surface area contributed by atoms with Crippen LogP contribution in [0.2, 0.25) is 10.0 Å². The van der Waals surface area contributed by atoms with Crippen LogP contribution in [0.5, 0.6) is 11.5 Å². The van der Waals surface area contributed by atoms with Crippen molar-refractivity contribution in [3.8, 4) is 11.5 Å². The lowest BCUT2D eigenvalue weighted by atomic mass is 10.2. The van der Waals surface area contributed by atoms with Crippen LogP contribution in [0.3, 0.4) is 0 Å². The number of rotatable bonds is 8. The summed E-state index contributed by atoms with van der Waals surface area (Å²) in [5, 5.41) is 14.2. The fourth-order valence-electron chi connectivity index (χ4n) is 2.38. The summed E-state index contributed by atoms with van der Waals surface area (Å²) in [6.45, 7) is 0. The van der Waals surface area contributed by atoms with E-state index in [0.717, 1.165) is 11.3 Å². The molecule has 0 unspecified atom stereocenters. The van der Waals surface area contributed by atoms with E-state index in [4.69, 9.17) is 32.7 Å². The summed E-state index contributed by atoms with van der Waals surface area (Å²) < 4.78 is 10.9. The molecule has 1 aromatic heterocycles. The van der Waals surface area contributed by atoms with Crippen LogP contribution < -0.4 is 20.1 Å². The third kappa shape index (κ3) is 6.23. The molecule has 3 rings (SSSR count). The van der Waals surface area contributed by atoms with Gasteiger partial charge >= 0.3 is 0 Å². The summed E-state index contributed by atoms with van der Waals surface area (Å²) in [5.41, 5.74) is 0.723. The summed E-state index contributed by atoms with van der Waals surface area (Å²) in [5.74, 6) is 0.474. The fourth-order valence-corrected chi connectivity index (χ4v) is 4.30. The van der Waals surface area contributed by atoms with Crippen LogP contribution in [0.1, 0.15) is 10.4 Å². The molecule has 0 bridgehead atoms. The number of anilines is 2. The zero-order valence-electron chi connectivity index (χ0n) is 16.3. The first-order valence-electron chi connectivity index (χ1n) is 8.64. The van der Waals surface area contributed by atoms with Gasteiger partial charge < -0.3 is 14.8 Å². The number of nitrogens with one attached hydrogen (secondary N) is 2. The Balaban J connectivity index is 1.57. The maximum absolute atomic E-state index is 12.4. The average molecular weight is 499 g/mol. The van der Waals surface area contributed by atoms with Crippen LogP contribution in [0, 0.1) is 0 Å². The van der Waals surface area contributed by atoms with Crippen molar-refractivity contribution in [2.45, 2.75) is 4.34 Å². The molecule has 8 nitrogen and oxygen atoms in total. The molecule has 1 heterocycles.